The van der Waals surface area contributed by atoms with Crippen LogP contribution in [0.25, 0.3) is 0 Å². The van der Waals surface area contributed by atoms with Gasteiger partial charge in [-0.3, -0.25) is 10.1 Å². The van der Waals surface area contributed by atoms with Crippen LogP contribution in [-0.4, -0.2) is 14.9 Å². The number of nitrogen functional groups attached to an aromatic ring is 1. The second kappa shape index (κ2) is 5.30. The van der Waals surface area contributed by atoms with E-state index in [1.807, 2.05) is 24.3 Å². The molecule has 1 heterocycles. The van der Waals surface area contributed by atoms with Gasteiger partial charge in [-0.1, -0.05) is 19.1 Å². The number of nitrogens with two attached hydrogens (primary N) is 1. The summed E-state index contributed by atoms with van der Waals surface area (Å²) in [5.41, 5.74) is 7.12. The zero-order valence-electron chi connectivity index (χ0n) is 10.3. The van der Waals surface area contributed by atoms with E-state index < -0.39 is 4.92 Å². The molecule has 0 amide bonds. The maximum absolute atomic E-state index is 10.9. The van der Waals surface area contributed by atoms with Gasteiger partial charge in [0.1, 0.15) is 6.20 Å². The van der Waals surface area contributed by atoms with Crippen molar-refractivity contribution in [3.63, 3.8) is 0 Å². The monoisotopic (exact) mass is 259 g/mol. The van der Waals surface area contributed by atoms with E-state index in [2.05, 4.69) is 22.2 Å². The van der Waals surface area contributed by atoms with Crippen molar-refractivity contribution in [2.24, 2.45) is 0 Å². The lowest BCUT2D eigenvalue weighted by atomic mass is 10.1. The molecule has 0 saturated heterocycles. The average molecular weight is 259 g/mol. The number of nitrogens with zero attached hydrogens (tertiary/aromatic N) is 3. The summed E-state index contributed by atoms with van der Waals surface area (Å²) in [7, 11) is 0. The number of aryl methyl sites for hydroxylation is 1. The van der Waals surface area contributed by atoms with Gasteiger partial charge >= 0.3 is 5.69 Å². The van der Waals surface area contributed by atoms with Crippen LogP contribution >= 0.6 is 0 Å². The Balaban J connectivity index is 2.31. The van der Waals surface area contributed by atoms with Gasteiger partial charge in [0.15, 0.2) is 0 Å². The molecule has 7 nitrogen and oxygen atoms in total. The summed E-state index contributed by atoms with van der Waals surface area (Å²) in [4.78, 5) is 17.8. The Bertz CT molecular complexity index is 598. The molecule has 2 rings (SSSR count). The van der Waals surface area contributed by atoms with Gasteiger partial charge in [-0.15, -0.1) is 0 Å². The Morgan fingerprint density at radius 2 is 2.05 bits per heavy atom. The molecule has 19 heavy (non-hydrogen) atoms. The number of nitrogens with one attached hydrogen (secondary N) is 1. The predicted octanol–water partition coefficient (Wildman–Crippen LogP) is 2.27. The summed E-state index contributed by atoms with van der Waals surface area (Å²) < 4.78 is 0. The summed E-state index contributed by atoms with van der Waals surface area (Å²) in [6.07, 6.45) is 2.02. The zero-order valence-corrected chi connectivity index (χ0v) is 10.3. The number of nitro groups is 1. The third-order valence-corrected chi connectivity index (χ3v) is 2.61. The fourth-order valence-electron chi connectivity index (χ4n) is 1.58. The first-order chi connectivity index (χ1) is 9.10. The van der Waals surface area contributed by atoms with Crippen molar-refractivity contribution < 1.29 is 4.92 Å². The molecule has 0 bridgehead atoms. The minimum absolute atomic E-state index is 0.0155. The highest BCUT2D eigenvalue weighted by Crippen LogP contribution is 2.25. The molecule has 0 aliphatic heterocycles. The van der Waals surface area contributed by atoms with Crippen molar-refractivity contribution in [3.8, 4) is 0 Å². The largest absolute Gasteiger partial charge is 0.368 e. The van der Waals surface area contributed by atoms with E-state index in [-0.39, 0.29) is 17.5 Å². The van der Waals surface area contributed by atoms with Crippen LogP contribution in [0.3, 0.4) is 0 Å². The maximum atomic E-state index is 10.9. The predicted molar refractivity (Wildman–Crippen MR) is 72.2 cm³/mol. The van der Waals surface area contributed by atoms with Crippen molar-refractivity contribution in [2.45, 2.75) is 13.3 Å². The van der Waals surface area contributed by atoms with E-state index in [1.165, 1.54) is 5.56 Å². The molecule has 2 aromatic rings. The molecular weight excluding hydrogens is 246 g/mol. The third kappa shape index (κ3) is 2.95. The van der Waals surface area contributed by atoms with Crippen molar-refractivity contribution >= 4 is 23.1 Å². The topological polar surface area (TPSA) is 107 Å². The highest BCUT2D eigenvalue weighted by Gasteiger charge is 2.16. The van der Waals surface area contributed by atoms with Crippen molar-refractivity contribution in [1.82, 2.24) is 9.97 Å². The lowest BCUT2D eigenvalue weighted by molar-refractivity contribution is -0.384. The van der Waals surface area contributed by atoms with E-state index >= 15 is 0 Å². The summed E-state index contributed by atoms with van der Waals surface area (Å²) in [6.45, 7) is 2.05. The van der Waals surface area contributed by atoms with Crippen molar-refractivity contribution in [3.05, 3.63) is 46.1 Å². The van der Waals surface area contributed by atoms with Gasteiger partial charge in [0, 0.05) is 5.69 Å². The van der Waals surface area contributed by atoms with Gasteiger partial charge in [0.05, 0.1) is 4.92 Å². The Morgan fingerprint density at radius 1 is 1.37 bits per heavy atom. The Morgan fingerprint density at radius 3 is 2.63 bits per heavy atom. The van der Waals surface area contributed by atoms with Gasteiger partial charge in [-0.05, 0) is 24.1 Å². The second-order valence-corrected chi connectivity index (χ2v) is 3.89. The molecule has 3 N–H and O–H groups in total. The standard InChI is InChI=1S/C12H13N5O2/c1-2-8-3-5-9(6-4-8)15-11-10(17(18)19)7-14-12(13)16-11/h3-7H,2H2,1H3,(H3,13,14,15,16). The number of anilines is 3. The van der Waals surface area contributed by atoms with Gasteiger partial charge < -0.3 is 11.1 Å². The molecule has 7 heteroatoms. The first-order valence-electron chi connectivity index (χ1n) is 5.73. The highest BCUT2D eigenvalue weighted by atomic mass is 16.6. The lowest BCUT2D eigenvalue weighted by Gasteiger charge is -2.07. The number of hydrogen-bond acceptors (Lipinski definition) is 6. The van der Waals surface area contributed by atoms with Crippen molar-refractivity contribution in [1.29, 1.82) is 0 Å². The first-order valence-corrected chi connectivity index (χ1v) is 5.73. The average Bonchev–Trinajstić information content (AvgIpc) is 2.39. The fourth-order valence-corrected chi connectivity index (χ4v) is 1.58. The highest BCUT2D eigenvalue weighted by molar-refractivity contribution is 5.65. The maximum Gasteiger partial charge on any atom is 0.329 e. The Hall–Kier alpha value is -2.70. The summed E-state index contributed by atoms with van der Waals surface area (Å²) in [6, 6.07) is 7.55. The van der Waals surface area contributed by atoms with Crippen LogP contribution in [0, 0.1) is 10.1 Å². The van der Waals surface area contributed by atoms with Gasteiger partial charge in [-0.25, -0.2) is 4.98 Å². The van der Waals surface area contributed by atoms with Crippen LogP contribution in [0.4, 0.5) is 23.1 Å². The smallest absolute Gasteiger partial charge is 0.329 e. The molecule has 0 saturated carbocycles. The van der Waals surface area contributed by atoms with Crippen LogP contribution < -0.4 is 11.1 Å². The normalized spacial score (nSPS) is 10.2. The number of hydrogen-bond donors (Lipinski definition) is 2. The van der Waals surface area contributed by atoms with E-state index in [0.29, 0.717) is 5.69 Å². The van der Waals surface area contributed by atoms with E-state index in [0.717, 1.165) is 12.6 Å². The molecule has 98 valence electrons. The molecule has 0 atom stereocenters. The molecular formula is C12H13N5O2. The van der Waals surface area contributed by atoms with Gasteiger partial charge in [0.2, 0.25) is 11.8 Å². The van der Waals surface area contributed by atoms with Crippen LogP contribution in [0.15, 0.2) is 30.5 Å². The second-order valence-electron chi connectivity index (χ2n) is 3.89. The molecule has 0 aliphatic rings. The quantitative estimate of drug-likeness (QED) is 0.644. The molecule has 1 aromatic carbocycles. The molecule has 0 unspecified atom stereocenters. The summed E-state index contributed by atoms with van der Waals surface area (Å²) in [5, 5.41) is 13.7. The van der Waals surface area contributed by atoms with E-state index in [9.17, 15) is 10.1 Å². The zero-order chi connectivity index (χ0) is 13.8. The minimum Gasteiger partial charge on any atom is -0.368 e. The lowest BCUT2D eigenvalue weighted by Crippen LogP contribution is -2.04. The first kappa shape index (κ1) is 12.7. The van der Waals surface area contributed by atoms with Crippen LogP contribution in [-0.2, 0) is 6.42 Å². The molecule has 1 aromatic heterocycles. The van der Waals surface area contributed by atoms with Crippen LogP contribution in [0.5, 0.6) is 0 Å². The fraction of sp³-hybridized carbons (Fsp3) is 0.167. The van der Waals surface area contributed by atoms with Crippen LogP contribution in [0.1, 0.15) is 12.5 Å². The molecule has 0 spiro atoms. The molecule has 0 aliphatic carbocycles. The van der Waals surface area contributed by atoms with Crippen LogP contribution in [0.2, 0.25) is 0 Å². The summed E-state index contributed by atoms with van der Waals surface area (Å²) in [5.74, 6) is 0.0695. The van der Waals surface area contributed by atoms with Gasteiger partial charge in [0.25, 0.3) is 0 Å². The Labute approximate surface area is 109 Å². The van der Waals surface area contributed by atoms with Crippen molar-refractivity contribution in [2.75, 3.05) is 11.1 Å². The summed E-state index contributed by atoms with van der Waals surface area (Å²) >= 11 is 0. The Kier molecular flexibility index (Phi) is 3.56. The molecule has 0 radical (unpaired) electrons. The number of benzene rings is 1. The SMILES string of the molecule is CCc1ccc(Nc2nc(N)ncc2[N+](=O)[O-])cc1. The van der Waals surface area contributed by atoms with E-state index in [1.54, 1.807) is 0 Å². The number of aromatic nitrogens is 2. The number of rotatable bonds is 4. The molecule has 0 fully saturated rings. The van der Waals surface area contributed by atoms with E-state index in [4.69, 9.17) is 5.73 Å². The minimum atomic E-state index is -0.553. The van der Waals surface area contributed by atoms with Gasteiger partial charge in [-0.2, -0.15) is 4.98 Å². The third-order valence-electron chi connectivity index (χ3n) is 2.61.